The first kappa shape index (κ1) is 19.6. The van der Waals surface area contributed by atoms with Crippen molar-refractivity contribution in [2.45, 2.75) is 25.7 Å². The molecule has 0 radical (unpaired) electrons. The number of amides is 2. The molecule has 31 heavy (non-hydrogen) atoms. The van der Waals surface area contributed by atoms with Gasteiger partial charge in [0.15, 0.2) is 11.6 Å². The molecule has 1 atom stereocenters. The monoisotopic (exact) mass is 429 g/mol. The van der Waals surface area contributed by atoms with Crippen LogP contribution in [0.5, 0.6) is 0 Å². The molecule has 0 fully saturated rings. The number of benzene rings is 2. The van der Waals surface area contributed by atoms with Crippen LogP contribution in [0.2, 0.25) is 0 Å². The first-order chi connectivity index (χ1) is 14.8. The van der Waals surface area contributed by atoms with Gasteiger partial charge in [-0.1, -0.05) is 6.07 Å². The highest BCUT2D eigenvalue weighted by Crippen LogP contribution is 2.35. The maximum Gasteiger partial charge on any atom is 0.320 e. The number of rotatable bonds is 1. The van der Waals surface area contributed by atoms with Gasteiger partial charge in [0.2, 0.25) is 0 Å². The number of nitrogens with zero attached hydrogens (tertiary/aromatic N) is 2. The van der Waals surface area contributed by atoms with E-state index in [9.17, 15) is 22.8 Å². The zero-order chi connectivity index (χ0) is 21.9. The van der Waals surface area contributed by atoms with E-state index in [2.05, 4.69) is 4.98 Å². The highest BCUT2D eigenvalue weighted by Gasteiger charge is 2.34. The quantitative estimate of drug-likeness (QED) is 0.643. The zero-order valence-electron chi connectivity index (χ0n) is 16.5. The molecule has 1 aromatic heterocycles. The van der Waals surface area contributed by atoms with Gasteiger partial charge in [-0.25, -0.2) is 18.0 Å². The topological polar surface area (TPSA) is 65.6 Å². The molecular weight excluding hydrogens is 411 g/mol. The summed E-state index contributed by atoms with van der Waals surface area (Å²) in [5.74, 6) is -2.55. The lowest BCUT2D eigenvalue weighted by Gasteiger charge is -2.35. The number of aromatic amines is 1. The van der Waals surface area contributed by atoms with E-state index in [0.717, 1.165) is 23.3 Å². The third-order valence-electron chi connectivity index (χ3n) is 5.97. The van der Waals surface area contributed by atoms with Crippen molar-refractivity contribution in [2.24, 2.45) is 0 Å². The maximum absolute atomic E-state index is 14.0. The number of ether oxygens (including phenoxy) is 1. The van der Waals surface area contributed by atoms with Crippen LogP contribution in [0.25, 0.3) is 10.8 Å². The lowest BCUT2D eigenvalue weighted by Crippen LogP contribution is -2.43. The molecule has 2 aromatic carbocycles. The van der Waals surface area contributed by atoms with E-state index in [-0.39, 0.29) is 42.4 Å². The molecular formula is C22H18F3N3O3. The van der Waals surface area contributed by atoms with Crippen molar-refractivity contribution < 1.29 is 22.7 Å². The molecule has 9 heteroatoms. The van der Waals surface area contributed by atoms with Gasteiger partial charge in [-0.15, -0.1) is 0 Å². The SMILES string of the molecule is CN(C(=O)N1Cc2ccc(F)cc2C1)[C@@H]1COCc2[nH]c(=O)c3cc(F)c(F)cc3c21. The van der Waals surface area contributed by atoms with Crippen LogP contribution in [0, 0.1) is 17.5 Å². The molecule has 2 aliphatic rings. The molecule has 0 aliphatic carbocycles. The summed E-state index contributed by atoms with van der Waals surface area (Å²) in [6, 6.07) is 5.34. The molecule has 3 aromatic rings. The minimum atomic E-state index is -1.12. The Labute approximate surface area is 174 Å². The van der Waals surface area contributed by atoms with E-state index in [1.807, 2.05) is 0 Å². The van der Waals surface area contributed by atoms with Gasteiger partial charge in [0, 0.05) is 31.4 Å². The van der Waals surface area contributed by atoms with Crippen LogP contribution < -0.4 is 5.56 Å². The first-order valence-corrected chi connectivity index (χ1v) is 9.74. The molecule has 160 valence electrons. The summed E-state index contributed by atoms with van der Waals surface area (Å²) in [5, 5.41) is 0.256. The second-order valence-electron chi connectivity index (χ2n) is 7.85. The molecule has 6 nitrogen and oxygen atoms in total. The standard InChI is InChI=1S/C22H18F3N3O3/c1-27(22(30)28-7-11-2-3-13(23)4-12(11)8-28)19-10-31-9-18-20(19)14-5-16(24)17(25)6-15(14)21(29)26-18/h2-6,19H,7-10H2,1H3,(H,26,29)/t19-/m1/s1. The van der Waals surface area contributed by atoms with E-state index < -0.39 is 23.2 Å². The lowest BCUT2D eigenvalue weighted by molar-refractivity contribution is 0.0437. The maximum atomic E-state index is 14.0. The Hall–Kier alpha value is -3.33. The van der Waals surface area contributed by atoms with Crippen LogP contribution in [-0.2, 0) is 24.4 Å². The Morgan fingerprint density at radius 1 is 1.10 bits per heavy atom. The molecule has 0 saturated heterocycles. The summed E-state index contributed by atoms with van der Waals surface area (Å²) in [5.41, 5.74) is 2.01. The molecule has 3 heterocycles. The van der Waals surface area contributed by atoms with Crippen molar-refractivity contribution in [3.05, 3.63) is 80.5 Å². The van der Waals surface area contributed by atoms with Crippen LogP contribution in [0.1, 0.15) is 28.4 Å². The summed E-state index contributed by atoms with van der Waals surface area (Å²) in [6.07, 6.45) is 0. The average molecular weight is 429 g/mol. The third kappa shape index (κ3) is 3.16. The predicted octanol–water partition coefficient (Wildman–Crippen LogP) is 3.58. The van der Waals surface area contributed by atoms with E-state index >= 15 is 0 Å². The summed E-state index contributed by atoms with van der Waals surface area (Å²) < 4.78 is 46.9. The number of fused-ring (bicyclic) bond motifs is 4. The lowest BCUT2D eigenvalue weighted by atomic mass is 9.95. The van der Waals surface area contributed by atoms with Crippen LogP contribution in [-0.4, -0.2) is 34.5 Å². The second-order valence-corrected chi connectivity index (χ2v) is 7.85. The number of halogens is 3. The number of H-pyrrole nitrogens is 1. The normalized spacial score (nSPS) is 17.5. The molecule has 0 saturated carbocycles. The van der Waals surface area contributed by atoms with Gasteiger partial charge in [-0.05, 0) is 40.8 Å². The summed E-state index contributed by atoms with van der Waals surface area (Å²) in [6.45, 7) is 0.825. The molecule has 5 rings (SSSR count). The highest BCUT2D eigenvalue weighted by molar-refractivity contribution is 5.87. The van der Waals surface area contributed by atoms with E-state index in [1.54, 1.807) is 18.0 Å². The molecule has 2 amide bonds. The Morgan fingerprint density at radius 3 is 2.58 bits per heavy atom. The van der Waals surface area contributed by atoms with Crippen molar-refractivity contribution in [1.29, 1.82) is 0 Å². The van der Waals surface area contributed by atoms with Gasteiger partial charge in [0.25, 0.3) is 5.56 Å². The molecule has 0 unspecified atom stereocenters. The van der Waals surface area contributed by atoms with Gasteiger partial charge in [-0.2, -0.15) is 0 Å². The molecule has 2 aliphatic heterocycles. The molecule has 1 N–H and O–H groups in total. The number of urea groups is 1. The zero-order valence-corrected chi connectivity index (χ0v) is 16.5. The number of aromatic nitrogens is 1. The predicted molar refractivity (Wildman–Crippen MR) is 106 cm³/mol. The van der Waals surface area contributed by atoms with Gasteiger partial charge in [-0.3, -0.25) is 4.79 Å². The first-order valence-electron chi connectivity index (χ1n) is 9.74. The van der Waals surface area contributed by atoms with Gasteiger partial charge < -0.3 is 19.5 Å². The van der Waals surface area contributed by atoms with E-state index in [0.29, 0.717) is 17.8 Å². The van der Waals surface area contributed by atoms with Gasteiger partial charge in [0.1, 0.15) is 5.82 Å². The fraction of sp³-hybridized carbons (Fsp3) is 0.273. The largest absolute Gasteiger partial charge is 0.373 e. The Bertz CT molecular complexity index is 1290. The minimum absolute atomic E-state index is 0.00875. The fourth-order valence-corrected chi connectivity index (χ4v) is 4.40. The van der Waals surface area contributed by atoms with Crippen molar-refractivity contribution in [1.82, 2.24) is 14.8 Å². The molecule has 0 bridgehead atoms. The smallest absolute Gasteiger partial charge is 0.320 e. The highest BCUT2D eigenvalue weighted by atomic mass is 19.2. The summed E-state index contributed by atoms with van der Waals surface area (Å²) in [7, 11) is 1.59. The van der Waals surface area contributed by atoms with Crippen LogP contribution >= 0.6 is 0 Å². The minimum Gasteiger partial charge on any atom is -0.373 e. The van der Waals surface area contributed by atoms with Crippen LogP contribution in [0.4, 0.5) is 18.0 Å². The average Bonchev–Trinajstić information content (AvgIpc) is 3.17. The van der Waals surface area contributed by atoms with Gasteiger partial charge >= 0.3 is 6.03 Å². The third-order valence-corrected chi connectivity index (χ3v) is 5.97. The molecule has 0 spiro atoms. The Balaban J connectivity index is 1.53. The number of pyridine rings is 1. The fourth-order valence-electron chi connectivity index (χ4n) is 4.40. The van der Waals surface area contributed by atoms with Crippen LogP contribution in [0.15, 0.2) is 35.1 Å². The van der Waals surface area contributed by atoms with Crippen LogP contribution in [0.3, 0.4) is 0 Å². The number of hydrogen-bond donors (Lipinski definition) is 1. The van der Waals surface area contributed by atoms with E-state index in [1.165, 1.54) is 17.0 Å². The second kappa shape index (κ2) is 7.12. The summed E-state index contributed by atoms with van der Waals surface area (Å²) in [4.78, 5) is 31.3. The number of carbonyl (C=O) groups is 1. The number of hydrogen-bond acceptors (Lipinski definition) is 3. The Kier molecular flexibility index (Phi) is 4.51. The number of carbonyl (C=O) groups excluding carboxylic acids is 1. The number of likely N-dealkylation sites (N-methyl/N-ethyl adjacent to an activating group) is 1. The van der Waals surface area contributed by atoms with E-state index in [4.69, 9.17) is 4.74 Å². The number of nitrogens with one attached hydrogen (secondary N) is 1. The van der Waals surface area contributed by atoms with Crippen molar-refractivity contribution >= 4 is 16.8 Å². The van der Waals surface area contributed by atoms with Gasteiger partial charge in [0.05, 0.1) is 24.6 Å². The Morgan fingerprint density at radius 2 is 1.81 bits per heavy atom. The summed E-state index contributed by atoms with van der Waals surface area (Å²) >= 11 is 0. The van der Waals surface area contributed by atoms with Crippen molar-refractivity contribution in [2.75, 3.05) is 13.7 Å². The van der Waals surface area contributed by atoms with Crippen molar-refractivity contribution in [3.8, 4) is 0 Å². The van der Waals surface area contributed by atoms with Crippen molar-refractivity contribution in [3.63, 3.8) is 0 Å².